The number of benzene rings is 3. The predicted molar refractivity (Wildman–Crippen MR) is 172 cm³/mol. The maximum Gasteiger partial charge on any atom is 0.197 e. The molecule has 6 aromatic rings. The van der Waals surface area contributed by atoms with E-state index in [-0.39, 0.29) is 42.0 Å². The van der Waals surface area contributed by atoms with Crippen LogP contribution in [-0.4, -0.2) is 40.7 Å². The number of nitrogens with one attached hydrogen (secondary N) is 1. The van der Waals surface area contributed by atoms with Gasteiger partial charge in [0.2, 0.25) is 0 Å². The molecule has 0 radical (unpaired) electrons. The van der Waals surface area contributed by atoms with Gasteiger partial charge in [-0.05, 0) is 54.1 Å². The molecule has 234 valence electrons. The summed E-state index contributed by atoms with van der Waals surface area (Å²) in [7, 11) is -3.57. The summed E-state index contributed by atoms with van der Waals surface area (Å²) in [5.74, 6) is -0.249. The van der Waals surface area contributed by atoms with Crippen molar-refractivity contribution >= 4 is 55.2 Å². The van der Waals surface area contributed by atoms with Crippen LogP contribution >= 0.6 is 22.9 Å². The quantitative estimate of drug-likeness (QED) is 0.132. The number of aromatic nitrogens is 4. The van der Waals surface area contributed by atoms with E-state index in [4.69, 9.17) is 21.1 Å². The number of sulfone groups is 1. The first kappa shape index (κ1) is 31.4. The van der Waals surface area contributed by atoms with Crippen molar-refractivity contribution in [1.29, 1.82) is 0 Å². The first-order valence-electron chi connectivity index (χ1n) is 13.8. The number of halogens is 3. The van der Waals surface area contributed by atoms with Gasteiger partial charge in [-0.1, -0.05) is 29.8 Å². The molecule has 0 amide bonds. The number of fused-ring (bicyclic) bond motifs is 1. The summed E-state index contributed by atoms with van der Waals surface area (Å²) in [5, 5.41) is 6.33. The van der Waals surface area contributed by atoms with Crippen molar-refractivity contribution in [2.75, 3.05) is 17.7 Å². The molecule has 6 rings (SSSR count). The lowest BCUT2D eigenvalue weighted by Crippen LogP contribution is -2.13. The fraction of sp³-hybridized carbons (Fsp3) is 0.125. The Bertz CT molecular complexity index is 2120. The molecule has 0 saturated heterocycles. The molecule has 0 bridgehead atoms. The third kappa shape index (κ3) is 7.45. The number of hydrogen-bond acceptors (Lipinski definition) is 10. The number of anilines is 2. The Hall–Kier alpha value is -4.56. The van der Waals surface area contributed by atoms with Gasteiger partial charge in [0, 0.05) is 34.3 Å². The van der Waals surface area contributed by atoms with Gasteiger partial charge in [0.05, 0.1) is 35.2 Å². The molecule has 3 heterocycles. The van der Waals surface area contributed by atoms with Gasteiger partial charge < -0.3 is 14.8 Å². The number of thiazole rings is 1. The zero-order valence-corrected chi connectivity index (χ0v) is 26.2. The second kappa shape index (κ2) is 13.8. The van der Waals surface area contributed by atoms with E-state index in [1.165, 1.54) is 48.1 Å². The van der Waals surface area contributed by atoms with Gasteiger partial charge in [0.15, 0.2) is 14.9 Å². The van der Waals surface area contributed by atoms with Crippen molar-refractivity contribution in [2.45, 2.75) is 18.2 Å². The van der Waals surface area contributed by atoms with Crippen molar-refractivity contribution in [1.82, 2.24) is 19.9 Å². The van der Waals surface area contributed by atoms with Gasteiger partial charge in [-0.2, -0.15) is 0 Å². The van der Waals surface area contributed by atoms with Crippen LogP contribution < -0.4 is 10.1 Å². The van der Waals surface area contributed by atoms with Crippen LogP contribution in [0.5, 0.6) is 5.75 Å². The van der Waals surface area contributed by atoms with Gasteiger partial charge in [-0.3, -0.25) is 0 Å². The van der Waals surface area contributed by atoms with Crippen LogP contribution in [0.1, 0.15) is 10.6 Å². The van der Waals surface area contributed by atoms with Crippen molar-refractivity contribution in [2.24, 2.45) is 0 Å². The largest absolute Gasteiger partial charge is 0.487 e. The van der Waals surface area contributed by atoms with Crippen molar-refractivity contribution in [3.8, 4) is 17.0 Å². The minimum absolute atomic E-state index is 0.00785. The molecule has 0 saturated carbocycles. The second-order valence-electron chi connectivity index (χ2n) is 9.93. The molecule has 46 heavy (non-hydrogen) atoms. The molecule has 3 aromatic heterocycles. The lowest BCUT2D eigenvalue weighted by atomic mass is 10.1. The highest BCUT2D eigenvalue weighted by Crippen LogP contribution is 2.34. The summed E-state index contributed by atoms with van der Waals surface area (Å²) in [4.78, 5) is 16.9. The van der Waals surface area contributed by atoms with Crippen LogP contribution in [-0.2, 0) is 27.8 Å². The number of hydrogen-bond donors (Lipinski definition) is 1. The Balaban J connectivity index is 1.13. The molecular formula is C32H24ClF2N5O4S2. The van der Waals surface area contributed by atoms with Gasteiger partial charge in [-0.15, -0.1) is 11.3 Å². The third-order valence-electron chi connectivity index (χ3n) is 6.71. The molecular weight excluding hydrogens is 656 g/mol. The van der Waals surface area contributed by atoms with Gasteiger partial charge in [0.25, 0.3) is 0 Å². The van der Waals surface area contributed by atoms with E-state index < -0.39 is 15.7 Å². The summed E-state index contributed by atoms with van der Waals surface area (Å²) < 4.78 is 64.8. The van der Waals surface area contributed by atoms with Crippen LogP contribution in [0.15, 0.2) is 95.7 Å². The Labute approximate surface area is 271 Å². The lowest BCUT2D eigenvalue weighted by Gasteiger charge is -2.12. The van der Waals surface area contributed by atoms with Crippen molar-refractivity contribution in [3.05, 3.63) is 118 Å². The monoisotopic (exact) mass is 679 g/mol. The minimum atomic E-state index is -3.57. The van der Waals surface area contributed by atoms with E-state index in [2.05, 4.69) is 25.3 Å². The summed E-state index contributed by atoms with van der Waals surface area (Å²) in [6.45, 7) is 0.165. The molecule has 3 aromatic carbocycles. The van der Waals surface area contributed by atoms with E-state index in [1.54, 1.807) is 53.9 Å². The molecule has 9 nitrogen and oxygen atoms in total. The first-order valence-corrected chi connectivity index (χ1v) is 16.7. The normalized spacial score (nSPS) is 11.5. The van der Waals surface area contributed by atoms with E-state index in [0.29, 0.717) is 49.4 Å². The smallest absolute Gasteiger partial charge is 0.197 e. The Morgan fingerprint density at radius 3 is 2.63 bits per heavy atom. The highest BCUT2D eigenvalue weighted by Gasteiger charge is 2.17. The Morgan fingerprint density at radius 2 is 1.83 bits per heavy atom. The zero-order chi connectivity index (χ0) is 32.1. The average molecular weight is 680 g/mol. The van der Waals surface area contributed by atoms with Crippen molar-refractivity contribution in [3.63, 3.8) is 0 Å². The summed E-state index contributed by atoms with van der Waals surface area (Å²) in [6.07, 6.45) is 2.75. The Morgan fingerprint density at radius 1 is 0.935 bits per heavy atom. The van der Waals surface area contributed by atoms with Crippen LogP contribution in [0.25, 0.3) is 22.2 Å². The lowest BCUT2D eigenvalue weighted by molar-refractivity contribution is 0.135. The van der Waals surface area contributed by atoms with E-state index >= 15 is 4.39 Å². The average Bonchev–Trinajstić information content (AvgIpc) is 3.52. The van der Waals surface area contributed by atoms with E-state index in [1.807, 2.05) is 0 Å². The standard InChI is InChI=1S/C32H24ClF2N5O4S2/c33-25-13-22(7-8-29(25)44-16-20-4-3-5-21(34)12-20)39-32-24-14-23(26(35)15-27(24)37-19-38-32)28-18-45-30(40-28)17-43-10-11-46(41,42)31-6-1-2-9-36-31/h1-9,12-15,18-19H,10-11,16-17H2,(H,37,38,39). The van der Waals surface area contributed by atoms with Crippen molar-refractivity contribution < 1.29 is 26.7 Å². The maximum atomic E-state index is 15.2. The predicted octanol–water partition coefficient (Wildman–Crippen LogP) is 7.39. The molecule has 14 heteroatoms. The fourth-order valence-electron chi connectivity index (χ4n) is 4.46. The van der Waals surface area contributed by atoms with E-state index in [0.717, 1.165) is 0 Å². The van der Waals surface area contributed by atoms with E-state index in [9.17, 15) is 12.8 Å². The molecule has 0 spiro atoms. The molecule has 0 aliphatic heterocycles. The van der Waals surface area contributed by atoms with Crippen LogP contribution in [0.3, 0.4) is 0 Å². The minimum Gasteiger partial charge on any atom is -0.487 e. The SMILES string of the molecule is O=S(=O)(CCOCc1nc(-c2cc3c(Nc4ccc(OCc5cccc(F)c5)c(Cl)c4)ncnc3cc2F)cs1)c1ccccn1. The topological polar surface area (TPSA) is 116 Å². The number of nitrogens with zero attached hydrogens (tertiary/aromatic N) is 4. The molecule has 0 aliphatic rings. The Kier molecular flexibility index (Phi) is 9.45. The summed E-state index contributed by atoms with van der Waals surface area (Å²) in [6, 6.07) is 18.8. The molecule has 1 N–H and O–H groups in total. The third-order valence-corrected chi connectivity index (χ3v) is 9.41. The maximum absolute atomic E-state index is 15.2. The number of rotatable bonds is 12. The summed E-state index contributed by atoms with van der Waals surface area (Å²) >= 11 is 7.73. The second-order valence-corrected chi connectivity index (χ2v) is 13.3. The van der Waals surface area contributed by atoms with Crippen LogP contribution in [0, 0.1) is 11.6 Å². The van der Waals surface area contributed by atoms with Gasteiger partial charge in [-0.25, -0.2) is 37.1 Å². The molecule has 0 unspecified atom stereocenters. The van der Waals surface area contributed by atoms with Gasteiger partial charge in [0.1, 0.15) is 41.1 Å². The van der Waals surface area contributed by atoms with Crippen LogP contribution in [0.4, 0.5) is 20.3 Å². The fourth-order valence-corrected chi connectivity index (χ4v) is 6.48. The highest BCUT2D eigenvalue weighted by molar-refractivity contribution is 7.91. The summed E-state index contributed by atoms with van der Waals surface area (Å²) in [5.41, 5.74) is 2.28. The van der Waals surface area contributed by atoms with Gasteiger partial charge >= 0.3 is 0 Å². The first-order chi connectivity index (χ1) is 22.2. The molecule has 0 aliphatic carbocycles. The van der Waals surface area contributed by atoms with Crippen LogP contribution in [0.2, 0.25) is 5.02 Å². The molecule has 0 atom stereocenters. The zero-order valence-electron chi connectivity index (χ0n) is 23.9. The molecule has 0 fully saturated rings. The number of ether oxygens (including phenoxy) is 2. The number of pyridine rings is 1. The highest BCUT2D eigenvalue weighted by atomic mass is 35.5.